The van der Waals surface area contributed by atoms with Crippen molar-refractivity contribution in [2.75, 3.05) is 5.32 Å². The highest BCUT2D eigenvalue weighted by atomic mass is 32.2. The van der Waals surface area contributed by atoms with Crippen LogP contribution in [0.2, 0.25) is 0 Å². The van der Waals surface area contributed by atoms with Crippen LogP contribution in [-0.4, -0.2) is 22.8 Å². The molecular formula is C20H23N3O2S. The second kappa shape index (κ2) is 9.20. The molecule has 26 heavy (non-hydrogen) atoms. The number of anilines is 1. The average molecular weight is 369 g/mol. The summed E-state index contributed by atoms with van der Waals surface area (Å²) in [6.07, 6.45) is 0. The molecule has 2 aromatic rings. The van der Waals surface area contributed by atoms with Crippen LogP contribution in [0.1, 0.15) is 31.9 Å². The van der Waals surface area contributed by atoms with E-state index in [4.69, 9.17) is 0 Å². The van der Waals surface area contributed by atoms with E-state index in [9.17, 15) is 9.59 Å². The van der Waals surface area contributed by atoms with Gasteiger partial charge in [0.15, 0.2) is 0 Å². The Morgan fingerprint density at radius 3 is 2.19 bits per heavy atom. The van der Waals surface area contributed by atoms with Crippen LogP contribution in [0.15, 0.2) is 58.5 Å². The van der Waals surface area contributed by atoms with Gasteiger partial charge in [0.05, 0.1) is 11.0 Å². The molecule has 0 aromatic heterocycles. The van der Waals surface area contributed by atoms with Crippen molar-refractivity contribution in [1.29, 1.82) is 0 Å². The Labute approximate surface area is 158 Å². The molecule has 0 radical (unpaired) electrons. The predicted octanol–water partition coefficient (Wildman–Crippen LogP) is 3.97. The van der Waals surface area contributed by atoms with Crippen molar-refractivity contribution in [3.63, 3.8) is 0 Å². The molecule has 0 aliphatic heterocycles. The zero-order chi connectivity index (χ0) is 19.1. The lowest BCUT2D eigenvalue weighted by Crippen LogP contribution is -2.27. The second-order valence-electron chi connectivity index (χ2n) is 6.00. The number of nitrogens with zero attached hydrogens (tertiary/aromatic N) is 1. The van der Waals surface area contributed by atoms with Gasteiger partial charge in [0.1, 0.15) is 0 Å². The van der Waals surface area contributed by atoms with Gasteiger partial charge in [-0.25, -0.2) is 5.43 Å². The van der Waals surface area contributed by atoms with E-state index in [1.165, 1.54) is 24.2 Å². The van der Waals surface area contributed by atoms with Crippen LogP contribution in [-0.2, 0) is 9.59 Å². The Morgan fingerprint density at radius 2 is 1.62 bits per heavy atom. The largest absolute Gasteiger partial charge is 0.326 e. The number of carbonyl (C=O) groups is 2. The van der Waals surface area contributed by atoms with Crippen molar-refractivity contribution in [2.45, 2.75) is 37.8 Å². The number of benzene rings is 2. The van der Waals surface area contributed by atoms with E-state index in [0.717, 1.165) is 16.1 Å². The summed E-state index contributed by atoms with van der Waals surface area (Å²) >= 11 is 1.49. The first kappa shape index (κ1) is 19.7. The minimum absolute atomic E-state index is 0.115. The van der Waals surface area contributed by atoms with E-state index >= 15 is 0 Å². The molecule has 0 aliphatic rings. The zero-order valence-corrected chi connectivity index (χ0v) is 16.2. The first-order valence-corrected chi connectivity index (χ1v) is 9.18. The number of aryl methyl sites for hydroxylation is 1. The smallest absolute Gasteiger partial charge is 0.253 e. The van der Waals surface area contributed by atoms with Gasteiger partial charge in [-0.1, -0.05) is 29.8 Å². The van der Waals surface area contributed by atoms with Crippen LogP contribution in [0.3, 0.4) is 0 Å². The Hall–Kier alpha value is -2.60. The van der Waals surface area contributed by atoms with Gasteiger partial charge in [-0.05, 0) is 50.6 Å². The molecule has 0 bridgehead atoms. The summed E-state index contributed by atoms with van der Waals surface area (Å²) in [7, 11) is 0. The fourth-order valence-electron chi connectivity index (χ4n) is 2.17. The van der Waals surface area contributed by atoms with E-state index in [-0.39, 0.29) is 17.1 Å². The molecule has 0 saturated carbocycles. The Bertz CT molecular complexity index is 799. The molecule has 2 aromatic carbocycles. The van der Waals surface area contributed by atoms with E-state index in [0.29, 0.717) is 5.71 Å². The summed E-state index contributed by atoms with van der Waals surface area (Å²) in [5.74, 6) is -0.264. The van der Waals surface area contributed by atoms with Crippen molar-refractivity contribution in [1.82, 2.24) is 5.43 Å². The monoisotopic (exact) mass is 369 g/mol. The first-order chi connectivity index (χ1) is 12.3. The summed E-state index contributed by atoms with van der Waals surface area (Å²) < 4.78 is 0. The van der Waals surface area contributed by atoms with Crippen LogP contribution in [0.5, 0.6) is 0 Å². The van der Waals surface area contributed by atoms with Crippen molar-refractivity contribution in [3.05, 3.63) is 59.7 Å². The summed E-state index contributed by atoms with van der Waals surface area (Å²) in [5, 5.41) is 6.64. The number of carbonyl (C=O) groups excluding carboxylic acids is 2. The minimum Gasteiger partial charge on any atom is -0.326 e. The molecular weight excluding hydrogens is 346 g/mol. The standard InChI is InChI=1S/C20H23N3O2S/c1-13-5-11-19(12-6-13)26-15(3)20(25)23-22-14(2)17-7-9-18(10-8-17)21-16(4)24/h5-12,15H,1-4H3,(H,21,24)(H,23,25)/b22-14-/t15-/m1/s1. The molecule has 5 nitrogen and oxygen atoms in total. The van der Waals surface area contributed by atoms with Gasteiger partial charge in [-0.3, -0.25) is 9.59 Å². The third-order valence-electron chi connectivity index (χ3n) is 3.66. The highest BCUT2D eigenvalue weighted by molar-refractivity contribution is 8.00. The molecule has 2 amide bonds. The van der Waals surface area contributed by atoms with E-state index in [2.05, 4.69) is 15.8 Å². The molecule has 0 saturated heterocycles. The van der Waals surface area contributed by atoms with Crippen molar-refractivity contribution < 1.29 is 9.59 Å². The van der Waals surface area contributed by atoms with Crippen LogP contribution in [0, 0.1) is 6.92 Å². The van der Waals surface area contributed by atoms with Crippen LogP contribution < -0.4 is 10.7 Å². The van der Waals surface area contributed by atoms with Crippen molar-refractivity contribution in [2.24, 2.45) is 5.10 Å². The van der Waals surface area contributed by atoms with Gasteiger partial charge >= 0.3 is 0 Å². The topological polar surface area (TPSA) is 70.6 Å². The normalized spacial score (nSPS) is 12.4. The number of nitrogens with one attached hydrogen (secondary N) is 2. The fourth-order valence-corrected chi connectivity index (χ4v) is 3.03. The van der Waals surface area contributed by atoms with E-state index in [1.54, 1.807) is 12.1 Å². The van der Waals surface area contributed by atoms with Gasteiger partial charge in [-0.15, -0.1) is 11.8 Å². The number of rotatable bonds is 6. The summed E-state index contributed by atoms with van der Waals surface area (Å²) in [5.41, 5.74) is 6.10. The van der Waals surface area contributed by atoms with Crippen LogP contribution in [0.4, 0.5) is 5.69 Å². The maximum Gasteiger partial charge on any atom is 0.253 e. The van der Waals surface area contributed by atoms with Gasteiger partial charge in [-0.2, -0.15) is 5.10 Å². The fraction of sp³-hybridized carbons (Fsp3) is 0.250. The quantitative estimate of drug-likeness (QED) is 0.460. The van der Waals surface area contributed by atoms with Gasteiger partial charge < -0.3 is 5.32 Å². The Balaban J connectivity index is 1.93. The highest BCUT2D eigenvalue weighted by Gasteiger charge is 2.14. The first-order valence-electron chi connectivity index (χ1n) is 8.30. The molecule has 136 valence electrons. The molecule has 2 rings (SSSR count). The molecule has 0 spiro atoms. The Morgan fingerprint density at radius 1 is 1.00 bits per heavy atom. The predicted molar refractivity (Wildman–Crippen MR) is 108 cm³/mol. The number of hydrazone groups is 1. The Kier molecular flexibility index (Phi) is 6.97. The van der Waals surface area contributed by atoms with E-state index < -0.39 is 0 Å². The highest BCUT2D eigenvalue weighted by Crippen LogP contribution is 2.23. The molecule has 0 heterocycles. The lowest BCUT2D eigenvalue weighted by molar-refractivity contribution is -0.120. The molecule has 6 heteroatoms. The number of hydrogen-bond acceptors (Lipinski definition) is 4. The number of hydrogen-bond donors (Lipinski definition) is 2. The molecule has 0 aliphatic carbocycles. The van der Waals surface area contributed by atoms with Gasteiger partial charge in [0, 0.05) is 17.5 Å². The molecule has 1 atom stereocenters. The lowest BCUT2D eigenvalue weighted by Gasteiger charge is -2.10. The van der Waals surface area contributed by atoms with E-state index in [1.807, 2.05) is 57.2 Å². The third kappa shape index (κ3) is 6.04. The summed E-state index contributed by atoms with van der Waals surface area (Å²) in [6, 6.07) is 15.4. The second-order valence-corrected chi connectivity index (χ2v) is 7.42. The van der Waals surface area contributed by atoms with Gasteiger partial charge in [0.25, 0.3) is 5.91 Å². The molecule has 0 fully saturated rings. The molecule has 0 unspecified atom stereocenters. The zero-order valence-electron chi connectivity index (χ0n) is 15.4. The summed E-state index contributed by atoms with van der Waals surface area (Å²) in [6.45, 7) is 7.18. The number of amides is 2. The number of thioether (sulfide) groups is 1. The lowest BCUT2D eigenvalue weighted by atomic mass is 10.1. The van der Waals surface area contributed by atoms with Crippen molar-refractivity contribution >= 4 is 35.0 Å². The molecule has 2 N–H and O–H groups in total. The third-order valence-corrected chi connectivity index (χ3v) is 4.77. The van der Waals surface area contributed by atoms with Crippen LogP contribution in [0.25, 0.3) is 0 Å². The van der Waals surface area contributed by atoms with Crippen molar-refractivity contribution in [3.8, 4) is 0 Å². The summed E-state index contributed by atoms with van der Waals surface area (Å²) in [4.78, 5) is 24.3. The van der Waals surface area contributed by atoms with Crippen LogP contribution >= 0.6 is 11.8 Å². The van der Waals surface area contributed by atoms with Gasteiger partial charge in [0.2, 0.25) is 5.91 Å². The maximum atomic E-state index is 12.2. The average Bonchev–Trinajstić information content (AvgIpc) is 2.61. The minimum atomic E-state index is -0.253. The SMILES string of the molecule is CC(=O)Nc1ccc(/C(C)=N\NC(=O)[C@@H](C)Sc2ccc(C)cc2)cc1. The maximum absolute atomic E-state index is 12.2.